The number of hydrogen-bond donors (Lipinski definition) is 2. The summed E-state index contributed by atoms with van der Waals surface area (Å²) in [5, 5.41) is 13.3. The molecule has 8 heteroatoms. The zero-order valence-corrected chi connectivity index (χ0v) is 11.0. The molecule has 18 heavy (non-hydrogen) atoms. The number of nitro benzene ring substituents is 1. The van der Waals surface area contributed by atoms with E-state index < -0.39 is 14.9 Å². The highest BCUT2D eigenvalue weighted by atomic mass is 32.2. The van der Waals surface area contributed by atoms with Gasteiger partial charge in [0.1, 0.15) is 4.90 Å². The Morgan fingerprint density at radius 3 is 2.56 bits per heavy atom. The van der Waals surface area contributed by atoms with Crippen molar-refractivity contribution in [1.82, 2.24) is 4.72 Å². The van der Waals surface area contributed by atoms with E-state index in [9.17, 15) is 18.5 Å². The second-order valence-electron chi connectivity index (χ2n) is 3.59. The molecule has 0 saturated carbocycles. The molecule has 0 amide bonds. The van der Waals surface area contributed by atoms with Crippen LogP contribution in [0.3, 0.4) is 0 Å². The molecule has 0 radical (unpaired) electrons. The lowest BCUT2D eigenvalue weighted by atomic mass is 10.3. The molecular weight excluding hydrogens is 258 g/mol. The maximum Gasteiger partial charge on any atom is 0.271 e. The van der Waals surface area contributed by atoms with Crippen LogP contribution < -0.4 is 10.0 Å². The number of benzene rings is 1. The van der Waals surface area contributed by atoms with Crippen LogP contribution in [0.15, 0.2) is 23.1 Å². The van der Waals surface area contributed by atoms with E-state index in [4.69, 9.17) is 0 Å². The van der Waals surface area contributed by atoms with E-state index in [2.05, 4.69) is 10.0 Å². The van der Waals surface area contributed by atoms with Crippen molar-refractivity contribution in [3.63, 3.8) is 0 Å². The molecule has 1 rings (SSSR count). The second kappa shape index (κ2) is 5.78. The maximum absolute atomic E-state index is 11.9. The Morgan fingerprint density at radius 2 is 2.06 bits per heavy atom. The molecule has 0 atom stereocenters. The Kier molecular flexibility index (Phi) is 4.62. The minimum atomic E-state index is -3.64. The van der Waals surface area contributed by atoms with Gasteiger partial charge < -0.3 is 5.32 Å². The van der Waals surface area contributed by atoms with Crippen molar-refractivity contribution in [3.05, 3.63) is 28.3 Å². The van der Waals surface area contributed by atoms with E-state index in [0.29, 0.717) is 13.0 Å². The zero-order chi connectivity index (χ0) is 13.8. The van der Waals surface area contributed by atoms with Gasteiger partial charge in [0.05, 0.1) is 10.6 Å². The fourth-order valence-electron chi connectivity index (χ4n) is 1.38. The summed E-state index contributed by atoms with van der Waals surface area (Å²) in [6, 6.07) is 3.59. The number of nitro groups is 1. The highest BCUT2D eigenvalue weighted by Crippen LogP contribution is 2.25. The number of non-ortho nitro benzene ring substituents is 1. The Bertz CT molecular complexity index is 542. The molecule has 0 aromatic heterocycles. The summed E-state index contributed by atoms with van der Waals surface area (Å²) in [6.45, 7) is 2.17. The molecule has 1 aromatic rings. The van der Waals surface area contributed by atoms with E-state index in [0.717, 1.165) is 0 Å². The summed E-state index contributed by atoms with van der Waals surface area (Å²) in [5.41, 5.74) is 0.0431. The van der Waals surface area contributed by atoms with Crippen LogP contribution in [0.25, 0.3) is 0 Å². The lowest BCUT2D eigenvalue weighted by Crippen LogP contribution is -2.25. The third-order valence-electron chi connectivity index (χ3n) is 2.27. The van der Waals surface area contributed by atoms with Crippen LogP contribution in [0.4, 0.5) is 11.4 Å². The van der Waals surface area contributed by atoms with E-state index in [-0.39, 0.29) is 16.3 Å². The molecule has 0 aliphatic rings. The van der Waals surface area contributed by atoms with Gasteiger partial charge in [-0.05, 0) is 12.5 Å². The zero-order valence-electron chi connectivity index (χ0n) is 10.1. The van der Waals surface area contributed by atoms with Gasteiger partial charge >= 0.3 is 0 Å². The fourth-order valence-corrected chi connectivity index (χ4v) is 2.70. The van der Waals surface area contributed by atoms with Gasteiger partial charge in [0.25, 0.3) is 5.69 Å². The van der Waals surface area contributed by atoms with Crippen LogP contribution >= 0.6 is 0 Å². The van der Waals surface area contributed by atoms with Gasteiger partial charge in [0, 0.05) is 25.7 Å². The summed E-state index contributed by atoms with van der Waals surface area (Å²) in [5.74, 6) is 0. The molecule has 1 aromatic carbocycles. The number of nitrogens with one attached hydrogen (secondary N) is 2. The van der Waals surface area contributed by atoms with Gasteiger partial charge in [0.2, 0.25) is 10.0 Å². The van der Waals surface area contributed by atoms with Crippen LogP contribution in [-0.4, -0.2) is 26.9 Å². The van der Waals surface area contributed by atoms with Crippen molar-refractivity contribution < 1.29 is 13.3 Å². The summed E-state index contributed by atoms with van der Waals surface area (Å²) in [4.78, 5) is 10.0. The Labute approximate surface area is 105 Å². The number of sulfonamides is 1. The summed E-state index contributed by atoms with van der Waals surface area (Å²) < 4.78 is 26.3. The molecule has 0 unspecified atom stereocenters. The number of nitrogens with zero attached hydrogens (tertiary/aromatic N) is 1. The van der Waals surface area contributed by atoms with Crippen molar-refractivity contribution in [3.8, 4) is 0 Å². The number of anilines is 1. The third kappa shape index (κ3) is 3.17. The van der Waals surface area contributed by atoms with Crippen molar-refractivity contribution in [1.29, 1.82) is 0 Å². The average molecular weight is 273 g/mol. The molecule has 0 aliphatic carbocycles. The number of hydrogen-bond acceptors (Lipinski definition) is 5. The average Bonchev–Trinajstić information content (AvgIpc) is 2.35. The van der Waals surface area contributed by atoms with E-state index >= 15 is 0 Å². The Hall–Kier alpha value is -1.67. The van der Waals surface area contributed by atoms with Gasteiger partial charge in [-0.25, -0.2) is 13.1 Å². The summed E-state index contributed by atoms with van der Waals surface area (Å²) >= 11 is 0. The van der Waals surface area contributed by atoms with Crippen molar-refractivity contribution in [2.45, 2.75) is 18.2 Å². The van der Waals surface area contributed by atoms with Gasteiger partial charge in [-0.2, -0.15) is 0 Å². The molecule has 0 saturated heterocycles. The molecule has 0 bridgehead atoms. The SMILES string of the molecule is CCCNS(=O)(=O)c1ccc([N+](=O)[O-])cc1NC. The summed E-state index contributed by atoms with van der Waals surface area (Å²) in [6.07, 6.45) is 0.668. The predicted molar refractivity (Wildman–Crippen MR) is 68.1 cm³/mol. The van der Waals surface area contributed by atoms with E-state index in [1.165, 1.54) is 25.2 Å². The lowest BCUT2D eigenvalue weighted by molar-refractivity contribution is -0.384. The van der Waals surface area contributed by atoms with Gasteiger partial charge in [-0.1, -0.05) is 6.92 Å². The van der Waals surface area contributed by atoms with Gasteiger partial charge in [-0.15, -0.1) is 0 Å². The van der Waals surface area contributed by atoms with E-state index in [1.54, 1.807) is 0 Å². The van der Waals surface area contributed by atoms with Crippen molar-refractivity contribution in [2.75, 3.05) is 18.9 Å². The quantitative estimate of drug-likeness (QED) is 0.601. The first-order valence-corrected chi connectivity index (χ1v) is 6.86. The topological polar surface area (TPSA) is 101 Å². The van der Waals surface area contributed by atoms with Crippen LogP contribution in [-0.2, 0) is 10.0 Å². The minimum Gasteiger partial charge on any atom is -0.387 e. The lowest BCUT2D eigenvalue weighted by Gasteiger charge is -2.10. The highest BCUT2D eigenvalue weighted by Gasteiger charge is 2.20. The van der Waals surface area contributed by atoms with Crippen LogP contribution in [0.1, 0.15) is 13.3 Å². The normalized spacial score (nSPS) is 11.2. The van der Waals surface area contributed by atoms with Crippen molar-refractivity contribution >= 4 is 21.4 Å². The van der Waals surface area contributed by atoms with Gasteiger partial charge in [-0.3, -0.25) is 10.1 Å². The molecular formula is C10H15N3O4S. The second-order valence-corrected chi connectivity index (χ2v) is 5.32. The first-order valence-electron chi connectivity index (χ1n) is 5.38. The third-order valence-corrected chi connectivity index (χ3v) is 3.79. The molecule has 100 valence electrons. The predicted octanol–water partition coefficient (Wildman–Crippen LogP) is 1.32. The smallest absolute Gasteiger partial charge is 0.271 e. The van der Waals surface area contributed by atoms with E-state index in [1.807, 2.05) is 6.92 Å². The Balaban J connectivity index is 3.21. The van der Waals surface area contributed by atoms with Gasteiger partial charge in [0.15, 0.2) is 0 Å². The first-order chi connectivity index (χ1) is 8.42. The molecule has 0 heterocycles. The fraction of sp³-hybridized carbons (Fsp3) is 0.400. The minimum absolute atomic E-state index is 0.00375. The molecule has 0 aliphatic heterocycles. The van der Waals surface area contributed by atoms with Crippen LogP contribution in [0, 0.1) is 10.1 Å². The maximum atomic E-state index is 11.9. The first kappa shape index (κ1) is 14.4. The van der Waals surface area contributed by atoms with Crippen molar-refractivity contribution in [2.24, 2.45) is 0 Å². The molecule has 2 N–H and O–H groups in total. The molecule has 0 fully saturated rings. The molecule has 0 spiro atoms. The van der Waals surface area contributed by atoms with Crippen LogP contribution in [0.5, 0.6) is 0 Å². The number of rotatable bonds is 6. The van der Waals surface area contributed by atoms with Crippen LogP contribution in [0.2, 0.25) is 0 Å². The highest BCUT2D eigenvalue weighted by molar-refractivity contribution is 7.89. The largest absolute Gasteiger partial charge is 0.387 e. The Morgan fingerprint density at radius 1 is 1.39 bits per heavy atom. The standard InChI is InChI=1S/C10H15N3O4S/c1-3-6-12-18(16,17)10-5-4-8(13(14)15)7-9(10)11-2/h4-5,7,11-12H,3,6H2,1-2H3. The monoisotopic (exact) mass is 273 g/mol. The summed E-state index contributed by atoms with van der Waals surface area (Å²) in [7, 11) is -2.13. The molecule has 7 nitrogen and oxygen atoms in total.